The number of benzene rings is 2. The molecule has 25 heavy (non-hydrogen) atoms. The van der Waals surface area contributed by atoms with Crippen LogP contribution in [0.4, 0.5) is 0 Å². The second-order valence-electron chi connectivity index (χ2n) is 4.60. The van der Waals surface area contributed by atoms with E-state index < -0.39 is 0 Å². The second-order valence-corrected chi connectivity index (χ2v) is 4.60. The van der Waals surface area contributed by atoms with Gasteiger partial charge in [0.25, 0.3) is 0 Å². The minimum Gasteiger partial charge on any atom is -0.508 e. The fourth-order valence-electron chi connectivity index (χ4n) is 1.50. The zero-order valence-corrected chi connectivity index (χ0v) is 15.5. The van der Waals surface area contributed by atoms with Crippen molar-refractivity contribution in [3.05, 3.63) is 121 Å². The second kappa shape index (κ2) is 16.3. The normalized spacial score (nSPS) is 8.00. The Morgan fingerprint density at radius 3 is 0.840 bits per heavy atom. The van der Waals surface area contributed by atoms with Gasteiger partial charge in [-0.1, -0.05) is 36.4 Å². The zero-order chi connectivity index (χ0) is 17.3. The molecule has 0 spiro atoms. The van der Waals surface area contributed by atoms with Crippen molar-refractivity contribution >= 4 is 0 Å². The Hall–Kier alpha value is -2.55. The van der Waals surface area contributed by atoms with E-state index in [2.05, 4.69) is 0 Å². The standard InChI is InChI=1S/2C6H6O.2C5H5.Ti/c2*7-6-4-2-1-3-5-6;2*1-2-4-5-3-1;/h2*1-5,7H;2*1-5H;/q;;2*-1;+2. The van der Waals surface area contributed by atoms with E-state index in [4.69, 9.17) is 10.2 Å². The van der Waals surface area contributed by atoms with E-state index in [1.165, 1.54) is 0 Å². The molecule has 0 aliphatic carbocycles. The molecule has 0 radical (unpaired) electrons. The van der Waals surface area contributed by atoms with Crippen molar-refractivity contribution in [3.63, 3.8) is 0 Å². The third-order valence-corrected chi connectivity index (χ3v) is 2.62. The smallest absolute Gasteiger partial charge is 0.508 e. The van der Waals surface area contributed by atoms with Crippen molar-refractivity contribution in [2.24, 2.45) is 0 Å². The predicted octanol–water partition coefficient (Wildman–Crippen LogP) is 5.59. The average Bonchev–Trinajstić information content (AvgIpc) is 3.36. The molecule has 0 amide bonds. The quantitative estimate of drug-likeness (QED) is 0.314. The van der Waals surface area contributed by atoms with Gasteiger partial charge in [-0.15, -0.1) is 0 Å². The Labute approximate surface area is 164 Å². The monoisotopic (exact) mass is 366 g/mol. The summed E-state index contributed by atoms with van der Waals surface area (Å²) in [5, 5.41) is 17.3. The minimum atomic E-state index is 0. The summed E-state index contributed by atoms with van der Waals surface area (Å²) in [5.41, 5.74) is 0. The number of hydrogen-bond acceptors (Lipinski definition) is 2. The van der Waals surface area contributed by atoms with E-state index in [9.17, 15) is 0 Å². The molecule has 0 aromatic heterocycles. The third kappa shape index (κ3) is 14.8. The van der Waals surface area contributed by atoms with Crippen LogP contribution in [-0.2, 0) is 21.7 Å². The van der Waals surface area contributed by atoms with Crippen LogP contribution < -0.4 is 0 Å². The molecular weight excluding hydrogens is 344 g/mol. The van der Waals surface area contributed by atoms with Crippen LogP contribution in [0, 0.1) is 0 Å². The molecule has 0 heterocycles. The van der Waals surface area contributed by atoms with Gasteiger partial charge in [-0.25, -0.2) is 24.3 Å². The molecule has 0 atom stereocenters. The Kier molecular flexibility index (Phi) is 14.7. The van der Waals surface area contributed by atoms with Gasteiger partial charge in [0, 0.05) is 0 Å². The fourth-order valence-corrected chi connectivity index (χ4v) is 1.50. The van der Waals surface area contributed by atoms with Crippen LogP contribution in [0.5, 0.6) is 11.5 Å². The maximum atomic E-state index is 8.63. The van der Waals surface area contributed by atoms with Crippen LogP contribution in [-0.4, -0.2) is 10.2 Å². The van der Waals surface area contributed by atoms with Crippen LogP contribution in [0.25, 0.3) is 0 Å². The number of phenols is 2. The molecule has 0 aliphatic rings. The molecule has 0 saturated carbocycles. The maximum Gasteiger partial charge on any atom is 2.00 e. The molecule has 0 unspecified atom stereocenters. The predicted molar refractivity (Wildman–Crippen MR) is 100 cm³/mol. The molecule has 0 bridgehead atoms. The molecule has 0 aliphatic heterocycles. The maximum absolute atomic E-state index is 8.63. The number of hydrogen-bond donors (Lipinski definition) is 2. The summed E-state index contributed by atoms with van der Waals surface area (Å²) in [6, 6.07) is 37.4. The van der Waals surface area contributed by atoms with E-state index in [0.29, 0.717) is 11.5 Å². The summed E-state index contributed by atoms with van der Waals surface area (Å²) in [7, 11) is 0. The van der Waals surface area contributed by atoms with E-state index in [-0.39, 0.29) is 21.7 Å². The fraction of sp³-hybridized carbons (Fsp3) is 0. The summed E-state index contributed by atoms with van der Waals surface area (Å²) in [5.74, 6) is 0.644. The van der Waals surface area contributed by atoms with Crippen molar-refractivity contribution in [3.8, 4) is 11.5 Å². The van der Waals surface area contributed by atoms with Gasteiger partial charge in [-0.3, -0.25) is 0 Å². The first kappa shape index (κ1) is 22.5. The van der Waals surface area contributed by atoms with Crippen LogP contribution >= 0.6 is 0 Å². The van der Waals surface area contributed by atoms with Gasteiger partial charge in [0.15, 0.2) is 0 Å². The molecule has 2 nitrogen and oxygen atoms in total. The molecule has 126 valence electrons. The Morgan fingerprint density at radius 1 is 0.440 bits per heavy atom. The number of rotatable bonds is 0. The number of aromatic hydroxyl groups is 2. The van der Waals surface area contributed by atoms with Crippen LogP contribution in [0.1, 0.15) is 0 Å². The SMILES string of the molecule is Oc1ccccc1.Oc1ccccc1.[Ti+2].c1cc[cH-]c1.c1cc[cH-]c1. The van der Waals surface area contributed by atoms with Gasteiger partial charge in [-0.05, 0) is 24.3 Å². The molecule has 4 aromatic rings. The van der Waals surface area contributed by atoms with Crippen molar-refractivity contribution in [1.29, 1.82) is 0 Å². The van der Waals surface area contributed by atoms with Crippen molar-refractivity contribution in [2.45, 2.75) is 0 Å². The van der Waals surface area contributed by atoms with Crippen LogP contribution in [0.15, 0.2) is 121 Å². The van der Waals surface area contributed by atoms with Crippen molar-refractivity contribution in [2.75, 3.05) is 0 Å². The number of para-hydroxylation sites is 2. The van der Waals surface area contributed by atoms with Gasteiger partial charge in [-0.2, -0.15) is 36.4 Å². The van der Waals surface area contributed by atoms with Gasteiger partial charge >= 0.3 is 21.7 Å². The molecule has 4 rings (SSSR count). The largest absolute Gasteiger partial charge is 2.00 e. The first-order valence-electron chi connectivity index (χ1n) is 7.60. The summed E-state index contributed by atoms with van der Waals surface area (Å²) in [6.45, 7) is 0. The molecule has 0 saturated heterocycles. The van der Waals surface area contributed by atoms with Gasteiger partial charge < -0.3 is 10.2 Å². The van der Waals surface area contributed by atoms with Gasteiger partial charge in [0.05, 0.1) is 0 Å². The summed E-state index contributed by atoms with van der Waals surface area (Å²) in [4.78, 5) is 0. The Bertz CT molecular complexity index is 577. The van der Waals surface area contributed by atoms with E-state index in [1.54, 1.807) is 48.5 Å². The minimum absolute atomic E-state index is 0. The Balaban J connectivity index is 0.000000307. The molecule has 0 fully saturated rings. The van der Waals surface area contributed by atoms with E-state index in [1.807, 2.05) is 72.8 Å². The average molecular weight is 366 g/mol. The molecule has 4 aromatic carbocycles. The zero-order valence-electron chi connectivity index (χ0n) is 13.9. The first-order chi connectivity index (χ1) is 11.8. The van der Waals surface area contributed by atoms with Gasteiger partial charge in [0.2, 0.25) is 0 Å². The molecular formula is C22H22O2Ti. The third-order valence-electron chi connectivity index (χ3n) is 2.62. The van der Waals surface area contributed by atoms with E-state index in [0.717, 1.165) is 0 Å². The number of phenolic OH excluding ortho intramolecular Hbond substituents is 2. The topological polar surface area (TPSA) is 40.5 Å². The summed E-state index contributed by atoms with van der Waals surface area (Å²) < 4.78 is 0. The summed E-state index contributed by atoms with van der Waals surface area (Å²) >= 11 is 0. The van der Waals surface area contributed by atoms with E-state index >= 15 is 0 Å². The van der Waals surface area contributed by atoms with Crippen LogP contribution in [0.3, 0.4) is 0 Å². The molecule has 2 N–H and O–H groups in total. The van der Waals surface area contributed by atoms with Crippen molar-refractivity contribution in [1.82, 2.24) is 0 Å². The Morgan fingerprint density at radius 2 is 0.720 bits per heavy atom. The van der Waals surface area contributed by atoms with Gasteiger partial charge in [0.1, 0.15) is 11.5 Å². The molecule has 3 heteroatoms. The van der Waals surface area contributed by atoms with Crippen LogP contribution in [0.2, 0.25) is 0 Å². The first-order valence-corrected chi connectivity index (χ1v) is 7.60. The van der Waals surface area contributed by atoms with Crippen molar-refractivity contribution < 1.29 is 31.9 Å². The summed E-state index contributed by atoms with van der Waals surface area (Å²) in [6.07, 6.45) is 0.